The number of fused-ring (bicyclic) bond motifs is 9. The lowest BCUT2D eigenvalue weighted by molar-refractivity contribution is 1.16. The highest BCUT2D eigenvalue weighted by Crippen LogP contribution is 2.43. The van der Waals surface area contributed by atoms with Crippen LogP contribution in [-0.2, 0) is 0 Å². The highest BCUT2D eigenvalue weighted by molar-refractivity contribution is 6.25. The second kappa shape index (κ2) is 9.62. The average molecular weight is 587 g/mol. The van der Waals surface area contributed by atoms with Gasteiger partial charge in [-0.2, -0.15) is 0 Å². The Hall–Kier alpha value is -6.26. The van der Waals surface area contributed by atoms with Crippen LogP contribution in [-0.4, -0.2) is 19.1 Å². The molecule has 0 unspecified atom stereocenters. The van der Waals surface area contributed by atoms with Gasteiger partial charge in [-0.1, -0.05) is 97.1 Å². The first kappa shape index (κ1) is 25.1. The molecule has 0 aliphatic heterocycles. The fourth-order valence-electron chi connectivity index (χ4n) is 7.40. The van der Waals surface area contributed by atoms with E-state index in [2.05, 4.69) is 160 Å². The summed E-state index contributed by atoms with van der Waals surface area (Å²) in [6.07, 6.45) is 3.53. The normalized spacial score (nSPS) is 11.9. The van der Waals surface area contributed by atoms with Crippen LogP contribution in [0.15, 0.2) is 158 Å². The first-order valence-electron chi connectivity index (χ1n) is 15.6. The molecule has 3 heterocycles. The lowest BCUT2D eigenvalue weighted by Gasteiger charge is -2.15. The maximum absolute atomic E-state index is 4.73. The molecule has 214 valence electrons. The Morgan fingerprint density at radius 1 is 0.413 bits per heavy atom. The van der Waals surface area contributed by atoms with Crippen molar-refractivity contribution in [3.05, 3.63) is 158 Å². The highest BCUT2D eigenvalue weighted by Gasteiger charge is 2.21. The summed E-state index contributed by atoms with van der Waals surface area (Å²) in [5.41, 5.74) is 10.9. The maximum Gasteiger partial charge on any atom is 0.0908 e. The van der Waals surface area contributed by atoms with Gasteiger partial charge in [-0.3, -0.25) is 9.97 Å². The molecule has 0 spiro atoms. The number of hydrogen-bond donors (Lipinski definition) is 0. The molecule has 0 amide bonds. The zero-order valence-corrected chi connectivity index (χ0v) is 24.8. The first-order valence-corrected chi connectivity index (χ1v) is 15.6. The van der Waals surface area contributed by atoms with Crippen molar-refractivity contribution in [2.75, 3.05) is 0 Å². The molecule has 7 aromatic carbocycles. The van der Waals surface area contributed by atoms with Crippen molar-refractivity contribution in [1.82, 2.24) is 19.1 Å². The Morgan fingerprint density at radius 2 is 1.09 bits per heavy atom. The van der Waals surface area contributed by atoms with Crippen LogP contribution in [0.2, 0.25) is 0 Å². The number of benzene rings is 7. The van der Waals surface area contributed by atoms with E-state index >= 15 is 0 Å². The van der Waals surface area contributed by atoms with Crippen LogP contribution in [0, 0.1) is 0 Å². The summed E-state index contributed by atoms with van der Waals surface area (Å²) in [5.74, 6) is 0. The third kappa shape index (κ3) is 3.55. The van der Waals surface area contributed by atoms with E-state index in [4.69, 9.17) is 4.98 Å². The first-order chi connectivity index (χ1) is 22.8. The van der Waals surface area contributed by atoms with E-state index in [1.54, 1.807) is 12.4 Å². The van der Waals surface area contributed by atoms with E-state index in [0.29, 0.717) is 0 Å². The topological polar surface area (TPSA) is 35.6 Å². The zero-order chi connectivity index (χ0) is 30.2. The molecule has 10 aromatic rings. The maximum atomic E-state index is 4.73. The summed E-state index contributed by atoms with van der Waals surface area (Å²) in [6.45, 7) is 0. The van der Waals surface area contributed by atoms with Gasteiger partial charge in [0.05, 0.1) is 38.8 Å². The largest absolute Gasteiger partial charge is 0.309 e. The van der Waals surface area contributed by atoms with E-state index in [0.717, 1.165) is 44.6 Å². The molecule has 0 saturated carbocycles. The van der Waals surface area contributed by atoms with Gasteiger partial charge >= 0.3 is 0 Å². The van der Waals surface area contributed by atoms with Gasteiger partial charge in [0.25, 0.3) is 0 Å². The second-order valence-corrected chi connectivity index (χ2v) is 11.9. The summed E-state index contributed by atoms with van der Waals surface area (Å²) in [6, 6.07) is 52.5. The van der Waals surface area contributed by atoms with E-state index in [1.165, 1.54) is 43.4 Å². The third-order valence-corrected chi connectivity index (χ3v) is 9.38. The van der Waals surface area contributed by atoms with Crippen molar-refractivity contribution in [1.29, 1.82) is 0 Å². The van der Waals surface area contributed by atoms with Gasteiger partial charge in [0, 0.05) is 45.2 Å². The summed E-state index contributed by atoms with van der Waals surface area (Å²) >= 11 is 0. The van der Waals surface area contributed by atoms with Crippen molar-refractivity contribution in [2.24, 2.45) is 0 Å². The third-order valence-electron chi connectivity index (χ3n) is 9.38. The van der Waals surface area contributed by atoms with Crippen molar-refractivity contribution in [2.45, 2.75) is 0 Å². The number of aromatic nitrogens is 4. The van der Waals surface area contributed by atoms with Crippen LogP contribution in [0.4, 0.5) is 0 Å². The van der Waals surface area contributed by atoms with Gasteiger partial charge in [0.15, 0.2) is 0 Å². The Kier molecular flexibility index (Phi) is 5.25. The molecular weight excluding hydrogens is 560 g/mol. The van der Waals surface area contributed by atoms with E-state index in [9.17, 15) is 0 Å². The fourth-order valence-corrected chi connectivity index (χ4v) is 7.40. The molecule has 0 aliphatic rings. The SMILES string of the molecule is c1ccc(-c2cc3nccnc3cc2-n2c3ccccc3c3cc4c5c6ccccc6ccc5n(-c5ccccc5)c4cc32)cc1. The van der Waals surface area contributed by atoms with Crippen LogP contribution in [0.25, 0.3) is 87.9 Å². The monoisotopic (exact) mass is 586 g/mol. The standard InChI is InChI=1S/C42H26N4/c1-3-11-27(12-4-1)32-24-35-36(44-22-21-43-35)25-39(32)46-37-18-10-9-17-31(37)33-23-34-41(26-40(33)46)45(29-14-5-2-6-15-29)38-20-19-28-13-7-8-16-30(28)42(34)38/h1-26H. The van der Waals surface area contributed by atoms with E-state index in [-0.39, 0.29) is 0 Å². The Bertz CT molecular complexity index is 2790. The number of nitrogens with zero attached hydrogens (tertiary/aromatic N) is 4. The molecule has 0 radical (unpaired) electrons. The van der Waals surface area contributed by atoms with Gasteiger partial charge in [-0.05, 0) is 64.9 Å². The quantitative estimate of drug-likeness (QED) is 0.206. The lowest BCUT2D eigenvalue weighted by Crippen LogP contribution is -1.99. The molecule has 0 atom stereocenters. The molecule has 0 N–H and O–H groups in total. The summed E-state index contributed by atoms with van der Waals surface area (Å²) < 4.78 is 4.84. The van der Waals surface area contributed by atoms with Gasteiger partial charge in [0.1, 0.15) is 0 Å². The minimum atomic E-state index is 0.869. The van der Waals surface area contributed by atoms with Crippen molar-refractivity contribution in [3.8, 4) is 22.5 Å². The van der Waals surface area contributed by atoms with Crippen molar-refractivity contribution in [3.63, 3.8) is 0 Å². The van der Waals surface area contributed by atoms with E-state index < -0.39 is 0 Å². The van der Waals surface area contributed by atoms with Crippen molar-refractivity contribution < 1.29 is 0 Å². The Morgan fingerprint density at radius 3 is 1.91 bits per heavy atom. The molecular formula is C42H26N4. The summed E-state index contributed by atoms with van der Waals surface area (Å²) in [7, 11) is 0. The molecule has 10 rings (SSSR count). The smallest absolute Gasteiger partial charge is 0.0908 e. The minimum absolute atomic E-state index is 0.869. The van der Waals surface area contributed by atoms with Crippen LogP contribution < -0.4 is 0 Å². The Balaban J connectivity index is 1.41. The average Bonchev–Trinajstić information content (AvgIpc) is 3.63. The number of para-hydroxylation sites is 2. The highest BCUT2D eigenvalue weighted by atomic mass is 15.0. The van der Waals surface area contributed by atoms with Gasteiger partial charge in [-0.15, -0.1) is 0 Å². The molecule has 4 heteroatoms. The van der Waals surface area contributed by atoms with Gasteiger partial charge < -0.3 is 9.13 Å². The van der Waals surface area contributed by atoms with Crippen LogP contribution >= 0.6 is 0 Å². The molecule has 4 nitrogen and oxygen atoms in total. The van der Waals surface area contributed by atoms with E-state index in [1.807, 2.05) is 0 Å². The second-order valence-electron chi connectivity index (χ2n) is 11.9. The molecule has 3 aromatic heterocycles. The number of rotatable bonds is 3. The number of hydrogen-bond acceptors (Lipinski definition) is 2. The summed E-state index contributed by atoms with van der Waals surface area (Å²) in [5, 5.41) is 7.48. The minimum Gasteiger partial charge on any atom is -0.309 e. The molecule has 0 aliphatic carbocycles. The molecule has 0 fully saturated rings. The van der Waals surface area contributed by atoms with Crippen molar-refractivity contribution >= 4 is 65.4 Å². The fraction of sp³-hybridized carbons (Fsp3) is 0. The predicted octanol–water partition coefficient (Wildman–Crippen LogP) is 10.6. The lowest BCUT2D eigenvalue weighted by atomic mass is 10.0. The van der Waals surface area contributed by atoms with Crippen LogP contribution in [0.5, 0.6) is 0 Å². The Labute approximate surface area is 264 Å². The zero-order valence-electron chi connectivity index (χ0n) is 24.8. The molecule has 46 heavy (non-hydrogen) atoms. The van der Waals surface area contributed by atoms with Crippen LogP contribution in [0.1, 0.15) is 0 Å². The van der Waals surface area contributed by atoms with Crippen LogP contribution in [0.3, 0.4) is 0 Å². The molecule has 0 bridgehead atoms. The predicted molar refractivity (Wildman–Crippen MR) is 191 cm³/mol. The van der Waals surface area contributed by atoms with Gasteiger partial charge in [0.2, 0.25) is 0 Å². The summed E-state index contributed by atoms with van der Waals surface area (Å²) in [4.78, 5) is 9.40. The van der Waals surface area contributed by atoms with Gasteiger partial charge in [-0.25, -0.2) is 0 Å². The molecule has 0 saturated heterocycles.